The lowest BCUT2D eigenvalue weighted by Crippen LogP contribution is -1.86. The number of phenolic OH excluding ortho intramolecular Hbond substituents is 1. The third kappa shape index (κ3) is 1.10. The topological polar surface area (TPSA) is 20.2 Å². The summed E-state index contributed by atoms with van der Waals surface area (Å²) in [6.07, 6.45) is 0.611. The van der Waals surface area contributed by atoms with E-state index < -0.39 is 5.82 Å². The molecule has 0 aliphatic heterocycles. The maximum Gasteiger partial charge on any atom is 0.167 e. The molecule has 0 saturated carbocycles. The fourth-order valence-electron chi connectivity index (χ4n) is 0.839. The number of aryl methyl sites for hydroxylation is 1. The summed E-state index contributed by atoms with van der Waals surface area (Å²) in [5, 5.41) is 8.86. The first-order valence-electron chi connectivity index (χ1n) is 3.22. The second kappa shape index (κ2) is 2.69. The normalized spacial score (nSPS) is 9.80. The highest BCUT2D eigenvalue weighted by atomic mass is 19.1. The lowest BCUT2D eigenvalue weighted by atomic mass is 10.1. The molecule has 1 rings (SSSR count). The summed E-state index contributed by atoms with van der Waals surface area (Å²) in [4.78, 5) is 0. The van der Waals surface area contributed by atoms with E-state index in [1.807, 2.05) is 6.92 Å². The van der Waals surface area contributed by atoms with E-state index in [9.17, 15) is 4.39 Å². The number of aromatic hydroxyl groups is 1. The second-order valence-corrected chi connectivity index (χ2v) is 2.10. The Labute approximate surface area is 59.1 Å². The maximum atomic E-state index is 12.8. The van der Waals surface area contributed by atoms with Crippen LogP contribution in [0.2, 0.25) is 0 Å². The molecular formula is C8H9FO. The van der Waals surface area contributed by atoms with Crippen LogP contribution in [0.25, 0.3) is 0 Å². The number of hydrogen-bond acceptors (Lipinski definition) is 1. The molecular weight excluding hydrogens is 131 g/mol. The van der Waals surface area contributed by atoms with Gasteiger partial charge in [-0.3, -0.25) is 0 Å². The van der Waals surface area contributed by atoms with Gasteiger partial charge in [0.05, 0.1) is 0 Å². The van der Waals surface area contributed by atoms with Crippen molar-refractivity contribution >= 4 is 0 Å². The highest BCUT2D eigenvalue weighted by Gasteiger charge is 2.02. The molecule has 10 heavy (non-hydrogen) atoms. The SMILES string of the molecule is CCc1cccc(O)c1F. The Hall–Kier alpha value is -1.05. The first-order valence-corrected chi connectivity index (χ1v) is 3.22. The van der Waals surface area contributed by atoms with Gasteiger partial charge in [-0.2, -0.15) is 0 Å². The zero-order chi connectivity index (χ0) is 7.56. The van der Waals surface area contributed by atoms with Crippen LogP contribution in [-0.2, 0) is 6.42 Å². The van der Waals surface area contributed by atoms with Crippen molar-refractivity contribution < 1.29 is 9.50 Å². The minimum absolute atomic E-state index is 0.264. The van der Waals surface area contributed by atoms with E-state index >= 15 is 0 Å². The van der Waals surface area contributed by atoms with Crippen LogP contribution in [-0.4, -0.2) is 5.11 Å². The van der Waals surface area contributed by atoms with Crippen LogP contribution in [0.4, 0.5) is 4.39 Å². The number of rotatable bonds is 1. The molecule has 0 fully saturated rings. The van der Waals surface area contributed by atoms with Gasteiger partial charge in [-0.25, -0.2) is 4.39 Å². The van der Waals surface area contributed by atoms with Gasteiger partial charge in [0.15, 0.2) is 11.6 Å². The largest absolute Gasteiger partial charge is 0.505 e. The van der Waals surface area contributed by atoms with E-state index in [1.54, 1.807) is 12.1 Å². The second-order valence-electron chi connectivity index (χ2n) is 2.10. The monoisotopic (exact) mass is 140 g/mol. The molecule has 0 amide bonds. The zero-order valence-corrected chi connectivity index (χ0v) is 5.76. The van der Waals surface area contributed by atoms with Crippen molar-refractivity contribution in [2.75, 3.05) is 0 Å². The fourth-order valence-corrected chi connectivity index (χ4v) is 0.839. The molecule has 0 bridgehead atoms. The smallest absolute Gasteiger partial charge is 0.167 e. The van der Waals surface area contributed by atoms with E-state index in [4.69, 9.17) is 5.11 Å². The molecule has 2 heteroatoms. The molecule has 1 aromatic rings. The molecule has 1 nitrogen and oxygen atoms in total. The van der Waals surface area contributed by atoms with E-state index in [1.165, 1.54) is 6.07 Å². The van der Waals surface area contributed by atoms with Gasteiger partial charge >= 0.3 is 0 Å². The predicted molar refractivity (Wildman–Crippen MR) is 37.4 cm³/mol. The van der Waals surface area contributed by atoms with E-state index in [0.29, 0.717) is 12.0 Å². The summed E-state index contributed by atoms with van der Waals surface area (Å²) in [5.74, 6) is -0.760. The molecule has 1 aromatic carbocycles. The Balaban J connectivity index is 3.14. The van der Waals surface area contributed by atoms with Crippen LogP contribution >= 0.6 is 0 Å². The summed E-state index contributed by atoms with van der Waals surface area (Å²) in [5.41, 5.74) is 0.556. The number of phenols is 1. The quantitative estimate of drug-likeness (QED) is 0.633. The lowest BCUT2D eigenvalue weighted by molar-refractivity contribution is 0.429. The first kappa shape index (κ1) is 7.06. The van der Waals surface area contributed by atoms with Crippen LogP contribution in [0, 0.1) is 5.82 Å². The minimum Gasteiger partial charge on any atom is -0.505 e. The number of benzene rings is 1. The van der Waals surface area contributed by atoms with Crippen LogP contribution in [0.1, 0.15) is 12.5 Å². The van der Waals surface area contributed by atoms with Gasteiger partial charge in [-0.05, 0) is 18.1 Å². The van der Waals surface area contributed by atoms with Crippen molar-refractivity contribution in [2.24, 2.45) is 0 Å². The van der Waals surface area contributed by atoms with Crippen molar-refractivity contribution in [2.45, 2.75) is 13.3 Å². The van der Waals surface area contributed by atoms with Crippen LogP contribution in [0.3, 0.4) is 0 Å². The Morgan fingerprint density at radius 1 is 1.50 bits per heavy atom. The van der Waals surface area contributed by atoms with Crippen molar-refractivity contribution in [3.05, 3.63) is 29.6 Å². The summed E-state index contributed by atoms with van der Waals surface area (Å²) >= 11 is 0. The average Bonchev–Trinajstić information content (AvgIpc) is 1.95. The van der Waals surface area contributed by atoms with Crippen molar-refractivity contribution in [1.82, 2.24) is 0 Å². The van der Waals surface area contributed by atoms with E-state index in [-0.39, 0.29) is 5.75 Å². The van der Waals surface area contributed by atoms with Gasteiger partial charge < -0.3 is 5.11 Å². The third-order valence-electron chi connectivity index (χ3n) is 1.44. The van der Waals surface area contributed by atoms with Crippen molar-refractivity contribution in [3.63, 3.8) is 0 Å². The van der Waals surface area contributed by atoms with E-state index in [2.05, 4.69) is 0 Å². The average molecular weight is 140 g/mol. The molecule has 0 radical (unpaired) electrons. The van der Waals surface area contributed by atoms with Gasteiger partial charge in [-0.15, -0.1) is 0 Å². The fraction of sp³-hybridized carbons (Fsp3) is 0.250. The van der Waals surface area contributed by atoms with Crippen LogP contribution in [0.15, 0.2) is 18.2 Å². The number of hydrogen-bond donors (Lipinski definition) is 1. The molecule has 54 valence electrons. The summed E-state index contributed by atoms with van der Waals surface area (Å²) in [7, 11) is 0. The summed E-state index contributed by atoms with van der Waals surface area (Å²) < 4.78 is 12.8. The van der Waals surface area contributed by atoms with Gasteiger partial charge in [0.25, 0.3) is 0 Å². The van der Waals surface area contributed by atoms with Gasteiger partial charge in [0.2, 0.25) is 0 Å². The van der Waals surface area contributed by atoms with E-state index in [0.717, 1.165) is 0 Å². The standard InChI is InChI=1S/C8H9FO/c1-2-6-4-3-5-7(10)8(6)9/h3-5,10H,2H2,1H3. The zero-order valence-electron chi connectivity index (χ0n) is 5.76. The highest BCUT2D eigenvalue weighted by molar-refractivity contribution is 5.29. The highest BCUT2D eigenvalue weighted by Crippen LogP contribution is 2.18. The lowest BCUT2D eigenvalue weighted by Gasteiger charge is -1.99. The summed E-state index contributed by atoms with van der Waals surface area (Å²) in [6, 6.07) is 4.64. The molecule has 0 aromatic heterocycles. The summed E-state index contributed by atoms with van der Waals surface area (Å²) in [6.45, 7) is 1.85. The Kier molecular flexibility index (Phi) is 1.90. The van der Waals surface area contributed by atoms with Gasteiger partial charge in [-0.1, -0.05) is 19.1 Å². The van der Waals surface area contributed by atoms with Crippen molar-refractivity contribution in [1.29, 1.82) is 0 Å². The molecule has 0 aliphatic carbocycles. The van der Waals surface area contributed by atoms with Crippen LogP contribution in [0.5, 0.6) is 5.75 Å². The molecule has 1 N–H and O–H groups in total. The molecule has 0 aliphatic rings. The Morgan fingerprint density at radius 3 is 2.70 bits per heavy atom. The Bertz CT molecular complexity index is 233. The maximum absolute atomic E-state index is 12.8. The minimum atomic E-state index is -0.495. The molecule has 0 atom stereocenters. The molecule has 0 heterocycles. The van der Waals surface area contributed by atoms with Crippen LogP contribution < -0.4 is 0 Å². The molecule has 0 saturated heterocycles. The number of halogens is 1. The van der Waals surface area contributed by atoms with Gasteiger partial charge in [0.1, 0.15) is 0 Å². The molecule has 0 unspecified atom stereocenters. The Morgan fingerprint density at radius 2 is 2.20 bits per heavy atom. The predicted octanol–water partition coefficient (Wildman–Crippen LogP) is 2.09. The first-order chi connectivity index (χ1) is 4.75. The third-order valence-corrected chi connectivity index (χ3v) is 1.44. The molecule has 0 spiro atoms. The van der Waals surface area contributed by atoms with Crippen molar-refractivity contribution in [3.8, 4) is 5.75 Å². The van der Waals surface area contributed by atoms with Gasteiger partial charge in [0, 0.05) is 0 Å².